The van der Waals surface area contributed by atoms with Gasteiger partial charge in [0.1, 0.15) is 5.82 Å². The molecule has 0 radical (unpaired) electrons. The molecule has 2 aromatic rings. The number of nitrogens with one attached hydrogen (secondary N) is 1. The number of aryl methyl sites for hydroxylation is 1. The fourth-order valence-electron chi connectivity index (χ4n) is 1.98. The highest BCUT2D eigenvalue weighted by Gasteiger charge is 2.00. The van der Waals surface area contributed by atoms with E-state index in [9.17, 15) is 4.39 Å². The third-order valence-corrected chi connectivity index (χ3v) is 2.93. The van der Waals surface area contributed by atoms with Gasteiger partial charge in [-0.25, -0.2) is 4.39 Å². The number of rotatable bonds is 5. The minimum atomic E-state index is -0.190. The van der Waals surface area contributed by atoms with Crippen LogP contribution < -0.4 is 5.32 Å². The van der Waals surface area contributed by atoms with Crippen LogP contribution in [0, 0.1) is 5.82 Å². The van der Waals surface area contributed by atoms with E-state index in [0.29, 0.717) is 0 Å². The van der Waals surface area contributed by atoms with E-state index >= 15 is 0 Å². The highest BCUT2D eigenvalue weighted by Crippen LogP contribution is 2.17. The van der Waals surface area contributed by atoms with Crippen LogP contribution in [0.15, 0.2) is 48.5 Å². The topological polar surface area (TPSA) is 12.0 Å². The minimum Gasteiger partial charge on any atom is -0.381 e. The highest BCUT2D eigenvalue weighted by atomic mass is 19.1. The summed E-state index contributed by atoms with van der Waals surface area (Å²) < 4.78 is 12.8. The lowest BCUT2D eigenvalue weighted by atomic mass is 10.1. The zero-order chi connectivity index (χ0) is 12.8. The normalized spacial score (nSPS) is 10.3. The summed E-state index contributed by atoms with van der Waals surface area (Å²) in [6.45, 7) is 2.90. The first-order valence-electron chi connectivity index (χ1n) is 6.36. The molecule has 2 heteroatoms. The van der Waals surface area contributed by atoms with Crippen LogP contribution in [-0.2, 0) is 13.0 Å². The molecule has 0 atom stereocenters. The molecule has 0 saturated heterocycles. The second-order valence-electron chi connectivity index (χ2n) is 4.39. The molecule has 94 valence electrons. The van der Waals surface area contributed by atoms with Crippen molar-refractivity contribution in [2.24, 2.45) is 0 Å². The van der Waals surface area contributed by atoms with Gasteiger partial charge < -0.3 is 5.32 Å². The van der Waals surface area contributed by atoms with Gasteiger partial charge >= 0.3 is 0 Å². The minimum absolute atomic E-state index is 0.190. The maximum atomic E-state index is 12.8. The van der Waals surface area contributed by atoms with Crippen molar-refractivity contribution < 1.29 is 4.39 Å². The Morgan fingerprint density at radius 1 is 1.00 bits per heavy atom. The molecule has 1 nitrogen and oxygen atoms in total. The molecule has 2 rings (SSSR count). The molecule has 0 amide bonds. The number of halogens is 1. The van der Waals surface area contributed by atoms with Crippen molar-refractivity contribution in [1.82, 2.24) is 0 Å². The Hall–Kier alpha value is -1.83. The van der Waals surface area contributed by atoms with Crippen LogP contribution >= 0.6 is 0 Å². The van der Waals surface area contributed by atoms with Crippen molar-refractivity contribution in [3.63, 3.8) is 0 Å². The van der Waals surface area contributed by atoms with E-state index in [1.165, 1.54) is 23.4 Å². The van der Waals surface area contributed by atoms with Crippen LogP contribution in [0.1, 0.15) is 24.5 Å². The van der Waals surface area contributed by atoms with Gasteiger partial charge in [0.2, 0.25) is 0 Å². The summed E-state index contributed by atoms with van der Waals surface area (Å²) in [7, 11) is 0. The third kappa shape index (κ3) is 3.33. The van der Waals surface area contributed by atoms with Gasteiger partial charge in [-0.1, -0.05) is 43.7 Å². The maximum absolute atomic E-state index is 12.8. The van der Waals surface area contributed by atoms with Crippen molar-refractivity contribution in [3.8, 4) is 0 Å². The summed E-state index contributed by atoms with van der Waals surface area (Å²) in [6, 6.07) is 14.9. The lowest BCUT2D eigenvalue weighted by Gasteiger charge is -2.11. The van der Waals surface area contributed by atoms with Crippen molar-refractivity contribution in [1.29, 1.82) is 0 Å². The summed E-state index contributed by atoms with van der Waals surface area (Å²) in [5.74, 6) is -0.190. The fraction of sp³-hybridized carbons (Fsp3) is 0.250. The molecule has 18 heavy (non-hydrogen) atoms. The molecule has 0 aromatic heterocycles. The number of para-hydroxylation sites is 1. The van der Waals surface area contributed by atoms with Gasteiger partial charge in [-0.15, -0.1) is 0 Å². The zero-order valence-electron chi connectivity index (χ0n) is 10.6. The molecule has 0 aliphatic rings. The number of hydrogen-bond acceptors (Lipinski definition) is 1. The SMILES string of the molecule is CCCc1ccccc1NCc1ccc(F)cc1. The zero-order valence-corrected chi connectivity index (χ0v) is 10.6. The molecule has 0 fully saturated rings. The first-order valence-corrected chi connectivity index (χ1v) is 6.36. The fourth-order valence-corrected chi connectivity index (χ4v) is 1.98. The van der Waals surface area contributed by atoms with Gasteiger partial charge in [0.05, 0.1) is 0 Å². The van der Waals surface area contributed by atoms with Gasteiger partial charge in [-0.2, -0.15) is 0 Å². The molecule has 1 N–H and O–H groups in total. The molecule has 0 bridgehead atoms. The Morgan fingerprint density at radius 2 is 1.72 bits per heavy atom. The highest BCUT2D eigenvalue weighted by molar-refractivity contribution is 5.51. The molecule has 0 aliphatic heterocycles. The van der Waals surface area contributed by atoms with Gasteiger partial charge in [-0.3, -0.25) is 0 Å². The quantitative estimate of drug-likeness (QED) is 0.821. The van der Waals surface area contributed by atoms with Crippen LogP contribution in [0.25, 0.3) is 0 Å². The second kappa shape index (κ2) is 6.20. The molecule has 0 aliphatic carbocycles. The Bertz CT molecular complexity index is 491. The van der Waals surface area contributed by atoms with E-state index in [-0.39, 0.29) is 5.82 Å². The molecular weight excluding hydrogens is 225 g/mol. The largest absolute Gasteiger partial charge is 0.381 e. The Balaban J connectivity index is 2.03. The average Bonchev–Trinajstić information content (AvgIpc) is 2.40. The molecular formula is C16H18FN. The smallest absolute Gasteiger partial charge is 0.123 e. The van der Waals surface area contributed by atoms with Crippen LogP contribution in [0.5, 0.6) is 0 Å². The van der Waals surface area contributed by atoms with Crippen molar-refractivity contribution >= 4 is 5.69 Å². The summed E-state index contributed by atoms with van der Waals surface area (Å²) in [6.07, 6.45) is 2.21. The molecule has 0 heterocycles. The Labute approximate surface area is 108 Å². The Morgan fingerprint density at radius 3 is 2.44 bits per heavy atom. The van der Waals surface area contributed by atoms with E-state index in [1.54, 1.807) is 0 Å². The molecule has 0 spiro atoms. The van der Waals surface area contributed by atoms with Gasteiger partial charge in [0.15, 0.2) is 0 Å². The van der Waals surface area contributed by atoms with Crippen molar-refractivity contribution in [3.05, 3.63) is 65.5 Å². The van der Waals surface area contributed by atoms with Gasteiger partial charge in [0, 0.05) is 12.2 Å². The van der Waals surface area contributed by atoms with E-state index < -0.39 is 0 Å². The van der Waals surface area contributed by atoms with E-state index in [4.69, 9.17) is 0 Å². The first kappa shape index (κ1) is 12.6. The number of anilines is 1. The van der Waals surface area contributed by atoms with E-state index in [0.717, 1.165) is 24.9 Å². The average molecular weight is 243 g/mol. The maximum Gasteiger partial charge on any atom is 0.123 e. The first-order chi connectivity index (χ1) is 8.79. The van der Waals surface area contributed by atoms with Crippen molar-refractivity contribution in [2.45, 2.75) is 26.3 Å². The predicted octanol–water partition coefficient (Wildman–Crippen LogP) is 4.39. The summed E-state index contributed by atoms with van der Waals surface area (Å²) in [5.41, 5.74) is 3.59. The van der Waals surface area contributed by atoms with Crippen LogP contribution in [0.4, 0.5) is 10.1 Å². The summed E-state index contributed by atoms with van der Waals surface area (Å²) in [5, 5.41) is 3.41. The van der Waals surface area contributed by atoms with Crippen LogP contribution in [0.2, 0.25) is 0 Å². The molecule has 0 saturated carbocycles. The lowest BCUT2D eigenvalue weighted by Crippen LogP contribution is -2.02. The Kier molecular flexibility index (Phi) is 4.35. The predicted molar refractivity (Wildman–Crippen MR) is 74.2 cm³/mol. The summed E-state index contributed by atoms with van der Waals surface area (Å²) in [4.78, 5) is 0. The number of hydrogen-bond donors (Lipinski definition) is 1. The van der Waals surface area contributed by atoms with E-state index in [2.05, 4.69) is 30.4 Å². The standard InChI is InChI=1S/C16H18FN/c1-2-5-14-6-3-4-7-16(14)18-12-13-8-10-15(17)11-9-13/h3-4,6-11,18H,2,5,12H2,1H3. The third-order valence-electron chi connectivity index (χ3n) is 2.93. The van der Waals surface area contributed by atoms with Gasteiger partial charge in [0.25, 0.3) is 0 Å². The molecule has 2 aromatic carbocycles. The van der Waals surface area contributed by atoms with E-state index in [1.807, 2.05) is 18.2 Å². The molecule has 0 unspecified atom stereocenters. The lowest BCUT2D eigenvalue weighted by molar-refractivity contribution is 0.627. The number of benzene rings is 2. The van der Waals surface area contributed by atoms with Crippen LogP contribution in [-0.4, -0.2) is 0 Å². The monoisotopic (exact) mass is 243 g/mol. The van der Waals surface area contributed by atoms with Gasteiger partial charge in [-0.05, 0) is 35.7 Å². The second-order valence-corrected chi connectivity index (χ2v) is 4.39. The summed E-state index contributed by atoms with van der Waals surface area (Å²) >= 11 is 0. The van der Waals surface area contributed by atoms with Crippen LogP contribution in [0.3, 0.4) is 0 Å². The van der Waals surface area contributed by atoms with Crippen molar-refractivity contribution in [2.75, 3.05) is 5.32 Å².